The van der Waals surface area contributed by atoms with E-state index in [-0.39, 0.29) is 18.3 Å². The monoisotopic (exact) mass is 292 g/mol. The van der Waals surface area contributed by atoms with Gasteiger partial charge < -0.3 is 15.0 Å². The molecule has 2 atom stereocenters. The maximum absolute atomic E-state index is 12.2. The van der Waals surface area contributed by atoms with Gasteiger partial charge in [0.2, 0.25) is 5.91 Å². The molecule has 0 aliphatic carbocycles. The fraction of sp³-hybridized carbons (Fsp3) is 0.929. The molecule has 1 saturated heterocycles. The minimum atomic E-state index is 0. The largest absolute Gasteiger partial charge is 0.383 e. The fourth-order valence-corrected chi connectivity index (χ4v) is 2.77. The van der Waals surface area contributed by atoms with Gasteiger partial charge in [0, 0.05) is 26.2 Å². The molecule has 114 valence electrons. The van der Waals surface area contributed by atoms with Crippen molar-refractivity contribution in [2.24, 2.45) is 5.92 Å². The molecule has 1 heterocycles. The molecular formula is C14H29ClN2O2. The molecule has 0 spiro atoms. The number of halogens is 1. The Bertz CT molecular complexity index is 252. The van der Waals surface area contributed by atoms with Crippen LogP contribution >= 0.6 is 12.4 Å². The van der Waals surface area contributed by atoms with Gasteiger partial charge in [-0.2, -0.15) is 0 Å². The predicted octanol–water partition coefficient (Wildman–Crippen LogP) is 2.07. The van der Waals surface area contributed by atoms with Crippen molar-refractivity contribution in [1.82, 2.24) is 10.2 Å². The summed E-state index contributed by atoms with van der Waals surface area (Å²) >= 11 is 0. The molecule has 0 radical (unpaired) electrons. The van der Waals surface area contributed by atoms with Crippen molar-refractivity contribution >= 4 is 18.3 Å². The highest BCUT2D eigenvalue weighted by Gasteiger charge is 2.30. The minimum absolute atomic E-state index is 0. The summed E-state index contributed by atoms with van der Waals surface area (Å²) in [6, 6.07) is 0.445. The lowest BCUT2D eigenvalue weighted by Crippen LogP contribution is -2.50. The summed E-state index contributed by atoms with van der Waals surface area (Å²) < 4.78 is 4.96. The van der Waals surface area contributed by atoms with Crippen LogP contribution in [0.25, 0.3) is 0 Å². The molecule has 1 N–H and O–H groups in total. The summed E-state index contributed by atoms with van der Waals surface area (Å²) in [5.41, 5.74) is 0. The highest BCUT2D eigenvalue weighted by Crippen LogP contribution is 2.26. The van der Waals surface area contributed by atoms with E-state index < -0.39 is 0 Å². The van der Waals surface area contributed by atoms with Crippen molar-refractivity contribution < 1.29 is 9.53 Å². The highest BCUT2D eigenvalue weighted by molar-refractivity contribution is 5.85. The molecule has 1 aliphatic heterocycles. The molecule has 0 aromatic rings. The van der Waals surface area contributed by atoms with Crippen LogP contribution in [0.3, 0.4) is 0 Å². The average molecular weight is 293 g/mol. The van der Waals surface area contributed by atoms with Crippen LogP contribution in [0.2, 0.25) is 0 Å². The van der Waals surface area contributed by atoms with Crippen LogP contribution < -0.4 is 5.32 Å². The SMILES string of the molecule is CCCC1C(C)CCCN1C(=O)CNCCOC.Cl. The Hall–Kier alpha value is -0.320. The highest BCUT2D eigenvalue weighted by atomic mass is 35.5. The summed E-state index contributed by atoms with van der Waals surface area (Å²) in [7, 11) is 1.67. The van der Waals surface area contributed by atoms with E-state index in [4.69, 9.17) is 4.74 Å². The maximum Gasteiger partial charge on any atom is 0.236 e. The molecule has 1 rings (SSSR count). The van der Waals surface area contributed by atoms with Crippen LogP contribution in [0.4, 0.5) is 0 Å². The molecule has 1 aliphatic rings. The number of carbonyl (C=O) groups is 1. The third-order valence-corrected chi connectivity index (χ3v) is 3.78. The normalized spacial score (nSPS) is 23.0. The molecule has 1 fully saturated rings. The topological polar surface area (TPSA) is 41.6 Å². The summed E-state index contributed by atoms with van der Waals surface area (Å²) in [5.74, 6) is 0.887. The molecule has 0 bridgehead atoms. The Balaban J connectivity index is 0.00000324. The van der Waals surface area contributed by atoms with Gasteiger partial charge >= 0.3 is 0 Å². The smallest absolute Gasteiger partial charge is 0.236 e. The summed E-state index contributed by atoms with van der Waals surface area (Å²) in [6.07, 6.45) is 4.68. The quantitative estimate of drug-likeness (QED) is 0.731. The number of rotatable bonds is 7. The average Bonchev–Trinajstić information content (AvgIpc) is 2.37. The first-order valence-electron chi connectivity index (χ1n) is 7.19. The van der Waals surface area contributed by atoms with Gasteiger partial charge in [0.05, 0.1) is 13.2 Å². The van der Waals surface area contributed by atoms with Crippen molar-refractivity contribution in [1.29, 1.82) is 0 Å². The molecular weight excluding hydrogens is 264 g/mol. The van der Waals surface area contributed by atoms with Gasteiger partial charge in [0.1, 0.15) is 0 Å². The van der Waals surface area contributed by atoms with Gasteiger partial charge in [-0.05, 0) is 25.2 Å². The Morgan fingerprint density at radius 1 is 1.47 bits per heavy atom. The van der Waals surface area contributed by atoms with E-state index in [2.05, 4.69) is 24.1 Å². The van der Waals surface area contributed by atoms with Crippen LogP contribution in [0, 0.1) is 5.92 Å². The number of nitrogens with zero attached hydrogens (tertiary/aromatic N) is 1. The molecule has 2 unspecified atom stereocenters. The summed E-state index contributed by atoms with van der Waals surface area (Å²) in [4.78, 5) is 14.3. The van der Waals surface area contributed by atoms with Crippen molar-refractivity contribution in [2.45, 2.75) is 45.6 Å². The number of nitrogens with one attached hydrogen (secondary N) is 1. The molecule has 5 heteroatoms. The van der Waals surface area contributed by atoms with E-state index >= 15 is 0 Å². The van der Waals surface area contributed by atoms with Crippen LogP contribution in [-0.2, 0) is 9.53 Å². The van der Waals surface area contributed by atoms with E-state index in [0.29, 0.717) is 25.1 Å². The second-order valence-electron chi connectivity index (χ2n) is 5.23. The Labute approximate surface area is 123 Å². The zero-order valence-electron chi connectivity index (χ0n) is 12.5. The molecule has 19 heavy (non-hydrogen) atoms. The lowest BCUT2D eigenvalue weighted by molar-refractivity contribution is -0.135. The van der Waals surface area contributed by atoms with Gasteiger partial charge in [-0.15, -0.1) is 12.4 Å². The molecule has 0 aromatic heterocycles. The number of methoxy groups -OCH3 is 1. The van der Waals surface area contributed by atoms with Gasteiger partial charge in [-0.25, -0.2) is 0 Å². The zero-order valence-corrected chi connectivity index (χ0v) is 13.3. The van der Waals surface area contributed by atoms with Gasteiger partial charge in [0.25, 0.3) is 0 Å². The van der Waals surface area contributed by atoms with Crippen molar-refractivity contribution in [3.63, 3.8) is 0 Å². The van der Waals surface area contributed by atoms with E-state index in [9.17, 15) is 4.79 Å². The van der Waals surface area contributed by atoms with Crippen LogP contribution in [0.5, 0.6) is 0 Å². The number of carbonyl (C=O) groups excluding carboxylic acids is 1. The summed E-state index contributed by atoms with van der Waals surface area (Å²) in [6.45, 7) is 7.24. The number of ether oxygens (including phenoxy) is 1. The van der Waals surface area contributed by atoms with Crippen LogP contribution in [0.1, 0.15) is 39.5 Å². The van der Waals surface area contributed by atoms with E-state index in [1.165, 1.54) is 6.42 Å². The van der Waals surface area contributed by atoms with E-state index in [1.54, 1.807) is 7.11 Å². The number of hydrogen-bond acceptors (Lipinski definition) is 3. The van der Waals surface area contributed by atoms with Crippen LogP contribution in [0.15, 0.2) is 0 Å². The second-order valence-corrected chi connectivity index (χ2v) is 5.23. The van der Waals surface area contributed by atoms with Crippen molar-refractivity contribution in [2.75, 3.05) is 33.4 Å². The molecule has 0 saturated carbocycles. The van der Waals surface area contributed by atoms with Crippen molar-refractivity contribution in [3.05, 3.63) is 0 Å². The van der Waals surface area contributed by atoms with Gasteiger partial charge in [0.15, 0.2) is 0 Å². The van der Waals surface area contributed by atoms with Gasteiger partial charge in [-0.1, -0.05) is 20.3 Å². The van der Waals surface area contributed by atoms with Crippen LogP contribution in [-0.4, -0.2) is 50.2 Å². The summed E-state index contributed by atoms with van der Waals surface area (Å²) in [5, 5.41) is 3.14. The number of likely N-dealkylation sites (tertiary alicyclic amines) is 1. The Kier molecular flexibility index (Phi) is 10.3. The van der Waals surface area contributed by atoms with Gasteiger partial charge in [-0.3, -0.25) is 4.79 Å². The Morgan fingerprint density at radius 2 is 2.21 bits per heavy atom. The standard InChI is InChI=1S/C14H28N2O2.ClH/c1-4-6-13-12(2)7-5-9-16(13)14(17)11-15-8-10-18-3;/h12-13,15H,4-11H2,1-3H3;1H. The van der Waals surface area contributed by atoms with E-state index in [0.717, 1.165) is 32.4 Å². The second kappa shape index (κ2) is 10.5. The maximum atomic E-state index is 12.2. The first kappa shape index (κ1) is 18.7. The lowest BCUT2D eigenvalue weighted by atomic mass is 9.88. The molecule has 1 amide bonds. The third-order valence-electron chi connectivity index (χ3n) is 3.78. The molecule has 0 aromatic carbocycles. The molecule has 4 nitrogen and oxygen atoms in total. The number of piperidine rings is 1. The first-order valence-corrected chi connectivity index (χ1v) is 7.19. The number of amides is 1. The zero-order chi connectivity index (χ0) is 13.4. The van der Waals surface area contributed by atoms with E-state index in [1.807, 2.05) is 0 Å². The van der Waals surface area contributed by atoms with Crippen molar-refractivity contribution in [3.8, 4) is 0 Å². The third kappa shape index (κ3) is 6.11. The first-order chi connectivity index (χ1) is 8.70. The lowest BCUT2D eigenvalue weighted by Gasteiger charge is -2.40. The number of hydrogen-bond donors (Lipinski definition) is 1. The predicted molar refractivity (Wildman–Crippen MR) is 80.8 cm³/mol. The fourth-order valence-electron chi connectivity index (χ4n) is 2.77. The minimum Gasteiger partial charge on any atom is -0.383 e. The Morgan fingerprint density at radius 3 is 2.84 bits per heavy atom.